The molecule has 2 aromatic rings. The van der Waals surface area contributed by atoms with Gasteiger partial charge in [0.05, 0.1) is 0 Å². The molecule has 0 bridgehead atoms. The molecule has 0 unspecified atom stereocenters. The number of unbranched alkanes of at least 4 members (excludes halogenated alkanes) is 1. The Hall–Kier alpha value is -2.04. The molecule has 0 saturated heterocycles. The number of nitrogens with one attached hydrogen (secondary N) is 2. The largest absolute Gasteiger partial charge is 0.325 e. The Labute approximate surface area is 183 Å². The molecule has 29 heavy (non-hydrogen) atoms. The minimum atomic E-state index is -1.17. The van der Waals surface area contributed by atoms with Crippen molar-refractivity contribution in [3.8, 4) is 0 Å². The van der Waals surface area contributed by atoms with Gasteiger partial charge in [0.1, 0.15) is 5.41 Å². The SMILES string of the molecule is CCCCC(CC)(C(=O)Nc1ccc(Cl)cc1C)C(=O)Nc1ccc(Cl)cc1C. The summed E-state index contributed by atoms with van der Waals surface area (Å²) in [5.41, 5.74) is 1.84. The molecule has 0 spiro atoms. The summed E-state index contributed by atoms with van der Waals surface area (Å²) in [6.45, 7) is 7.66. The maximum Gasteiger partial charge on any atom is 0.240 e. The molecule has 0 radical (unpaired) electrons. The van der Waals surface area contributed by atoms with Crippen molar-refractivity contribution in [3.05, 3.63) is 57.6 Å². The van der Waals surface area contributed by atoms with Crippen molar-refractivity contribution >= 4 is 46.4 Å². The highest BCUT2D eigenvalue weighted by Gasteiger charge is 2.44. The van der Waals surface area contributed by atoms with Crippen LogP contribution in [0.3, 0.4) is 0 Å². The van der Waals surface area contributed by atoms with Gasteiger partial charge in [-0.25, -0.2) is 0 Å². The van der Waals surface area contributed by atoms with Crippen LogP contribution in [0.4, 0.5) is 11.4 Å². The van der Waals surface area contributed by atoms with E-state index >= 15 is 0 Å². The van der Waals surface area contributed by atoms with Crippen molar-refractivity contribution in [3.63, 3.8) is 0 Å². The molecule has 2 N–H and O–H groups in total. The number of carbonyl (C=O) groups is 2. The molecule has 0 aliphatic heterocycles. The number of anilines is 2. The first-order valence-electron chi connectivity index (χ1n) is 9.88. The fraction of sp³-hybridized carbons (Fsp3) is 0.391. The van der Waals surface area contributed by atoms with Gasteiger partial charge in [-0.3, -0.25) is 9.59 Å². The van der Waals surface area contributed by atoms with E-state index < -0.39 is 5.41 Å². The maximum absolute atomic E-state index is 13.4. The molecule has 0 aliphatic carbocycles. The number of amides is 2. The topological polar surface area (TPSA) is 58.2 Å². The van der Waals surface area contributed by atoms with E-state index in [1.54, 1.807) is 36.4 Å². The Morgan fingerprint density at radius 1 is 0.862 bits per heavy atom. The van der Waals surface area contributed by atoms with Crippen LogP contribution in [0.2, 0.25) is 10.0 Å². The highest BCUT2D eigenvalue weighted by Crippen LogP contribution is 2.34. The first-order chi connectivity index (χ1) is 13.7. The Bertz CT molecular complexity index is 831. The van der Waals surface area contributed by atoms with E-state index in [4.69, 9.17) is 23.2 Å². The van der Waals surface area contributed by atoms with Gasteiger partial charge in [0.2, 0.25) is 11.8 Å². The molecule has 0 heterocycles. The Balaban J connectivity index is 2.34. The normalized spacial score (nSPS) is 11.2. The first kappa shape index (κ1) is 23.2. The molecule has 0 aliphatic rings. The average molecular weight is 435 g/mol. The van der Waals surface area contributed by atoms with Crippen molar-refractivity contribution in [1.82, 2.24) is 0 Å². The van der Waals surface area contributed by atoms with Crippen LogP contribution in [0.15, 0.2) is 36.4 Å². The van der Waals surface area contributed by atoms with E-state index in [1.165, 1.54) is 0 Å². The highest BCUT2D eigenvalue weighted by molar-refractivity contribution is 6.31. The Morgan fingerprint density at radius 3 is 1.66 bits per heavy atom. The number of rotatable bonds is 8. The lowest BCUT2D eigenvalue weighted by Crippen LogP contribution is -2.46. The summed E-state index contributed by atoms with van der Waals surface area (Å²) in [6, 6.07) is 10.5. The highest BCUT2D eigenvalue weighted by atomic mass is 35.5. The summed E-state index contributed by atoms with van der Waals surface area (Å²) in [5.74, 6) is -0.606. The molecule has 0 saturated carbocycles. The molecule has 0 atom stereocenters. The van der Waals surface area contributed by atoms with Gasteiger partial charge in [0.25, 0.3) is 0 Å². The third-order valence-corrected chi connectivity index (χ3v) is 5.77. The zero-order valence-electron chi connectivity index (χ0n) is 17.4. The van der Waals surface area contributed by atoms with Crippen LogP contribution in [-0.2, 0) is 9.59 Å². The van der Waals surface area contributed by atoms with Crippen LogP contribution >= 0.6 is 23.2 Å². The summed E-state index contributed by atoms with van der Waals surface area (Å²) in [7, 11) is 0. The Kier molecular flexibility index (Phi) is 8.12. The van der Waals surface area contributed by atoms with E-state index in [1.807, 2.05) is 27.7 Å². The lowest BCUT2D eigenvalue weighted by molar-refractivity contribution is -0.138. The molecule has 0 fully saturated rings. The second-order valence-electron chi connectivity index (χ2n) is 7.37. The fourth-order valence-corrected chi connectivity index (χ4v) is 3.78. The zero-order valence-corrected chi connectivity index (χ0v) is 18.9. The molecule has 2 amide bonds. The van der Waals surface area contributed by atoms with Crippen molar-refractivity contribution in [2.75, 3.05) is 10.6 Å². The van der Waals surface area contributed by atoms with Gasteiger partial charge in [-0.15, -0.1) is 0 Å². The number of halogens is 2. The number of aryl methyl sites for hydroxylation is 2. The summed E-state index contributed by atoms with van der Waals surface area (Å²) in [6.07, 6.45) is 2.52. The maximum atomic E-state index is 13.4. The summed E-state index contributed by atoms with van der Waals surface area (Å²) in [5, 5.41) is 7.10. The van der Waals surface area contributed by atoms with Gasteiger partial charge in [-0.1, -0.05) is 49.9 Å². The van der Waals surface area contributed by atoms with Crippen molar-refractivity contribution in [2.45, 2.75) is 53.4 Å². The molecule has 156 valence electrons. The van der Waals surface area contributed by atoms with Gasteiger partial charge in [-0.2, -0.15) is 0 Å². The average Bonchev–Trinajstić information content (AvgIpc) is 2.67. The molecular formula is C23H28Cl2N2O2. The Morgan fingerprint density at radius 2 is 1.31 bits per heavy atom. The third kappa shape index (κ3) is 5.52. The monoisotopic (exact) mass is 434 g/mol. The number of hydrogen-bond acceptors (Lipinski definition) is 2. The van der Waals surface area contributed by atoms with E-state index in [-0.39, 0.29) is 11.8 Å². The van der Waals surface area contributed by atoms with E-state index in [0.717, 1.165) is 24.0 Å². The molecular weight excluding hydrogens is 407 g/mol. The predicted octanol–water partition coefficient (Wildman–Crippen LogP) is 6.77. The van der Waals surface area contributed by atoms with Crippen LogP contribution in [0.5, 0.6) is 0 Å². The van der Waals surface area contributed by atoms with E-state index in [9.17, 15) is 9.59 Å². The standard InChI is InChI=1S/C23H28Cl2N2O2/c1-5-7-12-23(6-2,21(28)26-19-10-8-17(24)13-15(19)3)22(29)27-20-11-9-18(25)14-16(20)4/h8-11,13-14H,5-7,12H2,1-4H3,(H,26,28)(H,27,29). The van der Waals surface area contributed by atoms with Gasteiger partial charge in [0.15, 0.2) is 0 Å². The van der Waals surface area contributed by atoms with Crippen LogP contribution < -0.4 is 10.6 Å². The van der Waals surface area contributed by atoms with Gasteiger partial charge < -0.3 is 10.6 Å². The van der Waals surface area contributed by atoms with E-state index in [2.05, 4.69) is 10.6 Å². The quantitative estimate of drug-likeness (QED) is 0.450. The second kappa shape index (κ2) is 10.1. The van der Waals surface area contributed by atoms with E-state index in [0.29, 0.717) is 34.3 Å². The third-order valence-electron chi connectivity index (χ3n) is 5.30. The van der Waals surface area contributed by atoms with Crippen LogP contribution in [0.25, 0.3) is 0 Å². The van der Waals surface area contributed by atoms with Gasteiger partial charge >= 0.3 is 0 Å². The zero-order chi connectivity index (χ0) is 21.6. The van der Waals surface area contributed by atoms with Crippen LogP contribution in [0, 0.1) is 19.3 Å². The number of benzene rings is 2. The van der Waals surface area contributed by atoms with Crippen LogP contribution in [0.1, 0.15) is 50.7 Å². The smallest absolute Gasteiger partial charge is 0.240 e. The molecule has 6 heteroatoms. The van der Waals surface area contributed by atoms with Crippen molar-refractivity contribution < 1.29 is 9.59 Å². The summed E-state index contributed by atoms with van der Waals surface area (Å²) >= 11 is 12.0. The summed E-state index contributed by atoms with van der Waals surface area (Å²) < 4.78 is 0. The van der Waals surface area contributed by atoms with Gasteiger partial charge in [-0.05, 0) is 74.2 Å². The second-order valence-corrected chi connectivity index (χ2v) is 8.24. The fourth-order valence-electron chi connectivity index (χ4n) is 3.33. The van der Waals surface area contributed by atoms with Crippen molar-refractivity contribution in [1.29, 1.82) is 0 Å². The number of carbonyl (C=O) groups excluding carboxylic acids is 2. The lowest BCUT2D eigenvalue weighted by atomic mass is 9.78. The summed E-state index contributed by atoms with van der Waals surface area (Å²) in [4.78, 5) is 26.7. The van der Waals surface area contributed by atoms with Gasteiger partial charge in [0, 0.05) is 21.4 Å². The molecule has 2 rings (SSSR count). The van der Waals surface area contributed by atoms with Crippen molar-refractivity contribution in [2.24, 2.45) is 5.41 Å². The predicted molar refractivity (Wildman–Crippen MR) is 122 cm³/mol. The molecule has 0 aromatic heterocycles. The minimum absolute atomic E-state index is 0.303. The lowest BCUT2D eigenvalue weighted by Gasteiger charge is -2.31. The molecule has 4 nitrogen and oxygen atoms in total. The minimum Gasteiger partial charge on any atom is -0.325 e. The number of hydrogen-bond donors (Lipinski definition) is 2. The first-order valence-corrected chi connectivity index (χ1v) is 10.6. The molecule has 2 aromatic carbocycles. The van der Waals surface area contributed by atoms with Crippen LogP contribution in [-0.4, -0.2) is 11.8 Å².